The lowest BCUT2D eigenvalue weighted by molar-refractivity contribution is -0.153. The molecule has 2 aliphatic carbocycles. The van der Waals surface area contributed by atoms with Crippen molar-refractivity contribution in [2.75, 3.05) is 4.90 Å². The van der Waals surface area contributed by atoms with E-state index >= 15 is 0 Å². The van der Waals surface area contributed by atoms with Gasteiger partial charge >= 0.3 is 11.9 Å². The van der Waals surface area contributed by atoms with Gasteiger partial charge in [-0.05, 0) is 90.0 Å². The van der Waals surface area contributed by atoms with E-state index in [-0.39, 0.29) is 46.2 Å². The highest BCUT2D eigenvalue weighted by Gasteiger charge is 2.38. The summed E-state index contributed by atoms with van der Waals surface area (Å²) in [7, 11) is 0. The smallest absolute Gasteiger partial charge is 0.348 e. The molecule has 1 aromatic heterocycles. The Morgan fingerprint density at radius 3 is 2.21 bits per heavy atom. The molecule has 0 spiro atoms. The van der Waals surface area contributed by atoms with E-state index in [1.54, 1.807) is 11.0 Å². The second kappa shape index (κ2) is 12.7. The van der Waals surface area contributed by atoms with Gasteiger partial charge < -0.3 is 20.5 Å². The largest absolute Gasteiger partial charge is 0.477 e. The molecular formula is C30H44N2O5S. The van der Waals surface area contributed by atoms with Crippen molar-refractivity contribution in [1.29, 1.82) is 0 Å². The van der Waals surface area contributed by atoms with E-state index < -0.39 is 12.0 Å². The number of esters is 1. The summed E-state index contributed by atoms with van der Waals surface area (Å²) in [5.74, 6) is 5.36. The number of hydrogen-bond donors (Lipinski definition) is 2. The van der Waals surface area contributed by atoms with Gasteiger partial charge in [0.25, 0.3) is 0 Å². The monoisotopic (exact) mass is 544 g/mol. The molecule has 0 aromatic carbocycles. The number of thiophene rings is 1. The van der Waals surface area contributed by atoms with Crippen LogP contribution in [0.2, 0.25) is 0 Å². The van der Waals surface area contributed by atoms with Crippen LogP contribution in [0.15, 0.2) is 6.07 Å². The molecule has 7 nitrogen and oxygen atoms in total. The molecule has 1 aromatic rings. The number of carbonyl (C=O) groups excluding carboxylic acids is 2. The van der Waals surface area contributed by atoms with Crippen molar-refractivity contribution in [3.63, 3.8) is 0 Å². The summed E-state index contributed by atoms with van der Waals surface area (Å²) >= 11 is 1.13. The summed E-state index contributed by atoms with van der Waals surface area (Å²) in [6.45, 7) is 12.0. The number of anilines is 1. The Kier molecular flexibility index (Phi) is 10.0. The SMILES string of the molecule is CC1CCC(C(=O)N(c2cc(C#CC(C)(C)C)sc2C(=O)O)C2CCC(OC(=O)C(N)C(C)C)CC2)CC1. The Balaban J connectivity index is 1.89. The Morgan fingerprint density at radius 2 is 1.68 bits per heavy atom. The summed E-state index contributed by atoms with van der Waals surface area (Å²) in [5, 5.41) is 10.1. The van der Waals surface area contributed by atoms with Gasteiger partial charge in [-0.2, -0.15) is 0 Å². The molecule has 0 radical (unpaired) electrons. The van der Waals surface area contributed by atoms with Crippen LogP contribution in [-0.4, -0.2) is 41.1 Å². The summed E-state index contributed by atoms with van der Waals surface area (Å²) in [6.07, 6.45) is 5.86. The molecule has 38 heavy (non-hydrogen) atoms. The van der Waals surface area contributed by atoms with Gasteiger partial charge in [-0.25, -0.2) is 4.79 Å². The third kappa shape index (κ3) is 7.83. The quantitative estimate of drug-likeness (QED) is 0.330. The fourth-order valence-corrected chi connectivity index (χ4v) is 6.00. The van der Waals surface area contributed by atoms with Crippen LogP contribution in [0.1, 0.15) is 107 Å². The molecule has 1 heterocycles. The lowest BCUT2D eigenvalue weighted by atomic mass is 9.81. The number of ether oxygens (including phenoxy) is 1. The van der Waals surface area contributed by atoms with Gasteiger partial charge in [0.15, 0.2) is 0 Å². The number of aromatic carboxylic acids is 1. The number of nitrogens with zero attached hydrogens (tertiary/aromatic N) is 1. The summed E-state index contributed by atoms with van der Waals surface area (Å²) in [4.78, 5) is 41.3. The zero-order valence-electron chi connectivity index (χ0n) is 23.7. The maximum absolute atomic E-state index is 14.0. The van der Waals surface area contributed by atoms with Crippen molar-refractivity contribution in [2.24, 2.45) is 28.9 Å². The van der Waals surface area contributed by atoms with Gasteiger partial charge in [0.2, 0.25) is 5.91 Å². The lowest BCUT2D eigenvalue weighted by Crippen LogP contribution is -2.48. The Bertz CT molecular complexity index is 1060. The third-order valence-corrected chi connectivity index (χ3v) is 8.64. The Labute approximate surface area is 231 Å². The first-order chi connectivity index (χ1) is 17.8. The molecule has 8 heteroatoms. The zero-order chi connectivity index (χ0) is 28.2. The van der Waals surface area contributed by atoms with E-state index in [4.69, 9.17) is 10.5 Å². The van der Waals surface area contributed by atoms with E-state index in [1.165, 1.54) is 0 Å². The topological polar surface area (TPSA) is 110 Å². The predicted molar refractivity (Wildman–Crippen MR) is 151 cm³/mol. The maximum atomic E-state index is 14.0. The minimum atomic E-state index is -1.05. The molecule has 0 bridgehead atoms. The first kappa shape index (κ1) is 30.2. The predicted octanol–water partition coefficient (Wildman–Crippen LogP) is 5.84. The van der Waals surface area contributed by atoms with Crippen LogP contribution in [0.5, 0.6) is 0 Å². The molecule has 1 amide bonds. The van der Waals surface area contributed by atoms with Crippen molar-refractivity contribution in [3.05, 3.63) is 15.8 Å². The fraction of sp³-hybridized carbons (Fsp3) is 0.700. The van der Waals surface area contributed by atoms with Crippen LogP contribution in [0.25, 0.3) is 0 Å². The highest BCUT2D eigenvalue weighted by atomic mass is 32.1. The Morgan fingerprint density at radius 1 is 1.08 bits per heavy atom. The minimum Gasteiger partial charge on any atom is -0.477 e. The van der Waals surface area contributed by atoms with Crippen molar-refractivity contribution in [3.8, 4) is 11.8 Å². The van der Waals surface area contributed by atoms with Crippen molar-refractivity contribution < 1.29 is 24.2 Å². The highest BCUT2D eigenvalue weighted by Crippen LogP contribution is 2.39. The molecule has 0 aliphatic heterocycles. The molecule has 2 fully saturated rings. The van der Waals surface area contributed by atoms with E-state index in [0.717, 1.165) is 37.0 Å². The standard InChI is InChI=1S/C30H44N2O5S/c1-18(2)25(31)29(36)37-22-13-11-21(12-14-22)32(27(33)20-9-7-19(3)8-10-20)24-17-23(15-16-30(4,5)6)38-26(24)28(34)35/h17-22,25H,7-14,31H2,1-6H3,(H,34,35). The molecule has 0 saturated heterocycles. The molecule has 3 N–H and O–H groups in total. The van der Waals surface area contributed by atoms with Crippen LogP contribution in [0.4, 0.5) is 5.69 Å². The number of nitrogens with two attached hydrogens (primary N) is 1. The zero-order valence-corrected chi connectivity index (χ0v) is 24.5. The number of rotatable bonds is 7. The average molecular weight is 545 g/mol. The minimum absolute atomic E-state index is 0.00577. The summed E-state index contributed by atoms with van der Waals surface area (Å²) in [5.41, 5.74) is 6.19. The van der Waals surface area contributed by atoms with Crippen molar-refractivity contribution >= 4 is 34.9 Å². The van der Waals surface area contributed by atoms with Gasteiger partial charge in [-0.15, -0.1) is 11.3 Å². The molecule has 1 atom stereocenters. The molecule has 1 unspecified atom stereocenters. The van der Waals surface area contributed by atoms with Gasteiger partial charge in [-0.1, -0.05) is 32.6 Å². The van der Waals surface area contributed by atoms with Gasteiger partial charge in [0.05, 0.1) is 10.6 Å². The van der Waals surface area contributed by atoms with E-state index in [9.17, 15) is 19.5 Å². The van der Waals surface area contributed by atoms with E-state index in [1.807, 2.05) is 34.6 Å². The van der Waals surface area contributed by atoms with Gasteiger partial charge in [0, 0.05) is 17.4 Å². The molecule has 2 aliphatic rings. The number of hydrogen-bond acceptors (Lipinski definition) is 6. The first-order valence-electron chi connectivity index (χ1n) is 14.0. The first-order valence-corrected chi connectivity index (χ1v) is 14.8. The van der Waals surface area contributed by atoms with Crippen LogP contribution in [-0.2, 0) is 14.3 Å². The van der Waals surface area contributed by atoms with Crippen LogP contribution in [0.3, 0.4) is 0 Å². The average Bonchev–Trinajstić information content (AvgIpc) is 3.27. The number of carboxylic acids is 1. The van der Waals surface area contributed by atoms with E-state index in [0.29, 0.717) is 42.2 Å². The van der Waals surface area contributed by atoms with Crippen LogP contribution < -0.4 is 10.6 Å². The molecular weight excluding hydrogens is 500 g/mol. The fourth-order valence-electron chi connectivity index (χ4n) is 5.16. The van der Waals surface area contributed by atoms with Gasteiger partial charge in [0.1, 0.15) is 17.0 Å². The Hall–Kier alpha value is -2.37. The number of carboxylic acid groups (broad SMARTS) is 1. The van der Waals surface area contributed by atoms with Crippen LogP contribution in [0, 0.1) is 35.0 Å². The maximum Gasteiger partial charge on any atom is 0.348 e. The van der Waals surface area contributed by atoms with Crippen molar-refractivity contribution in [1.82, 2.24) is 0 Å². The van der Waals surface area contributed by atoms with E-state index in [2.05, 4.69) is 18.8 Å². The van der Waals surface area contributed by atoms with Gasteiger partial charge in [-0.3, -0.25) is 9.59 Å². The molecule has 210 valence electrons. The lowest BCUT2D eigenvalue weighted by Gasteiger charge is -2.39. The normalized spacial score (nSPS) is 24.7. The molecule has 2 saturated carbocycles. The summed E-state index contributed by atoms with van der Waals surface area (Å²) < 4.78 is 5.69. The van der Waals surface area contributed by atoms with Crippen LogP contribution >= 0.6 is 11.3 Å². The third-order valence-electron chi connectivity index (χ3n) is 7.61. The highest BCUT2D eigenvalue weighted by molar-refractivity contribution is 7.15. The second-order valence-electron chi connectivity index (χ2n) is 12.4. The number of amides is 1. The number of carbonyl (C=O) groups is 3. The summed E-state index contributed by atoms with van der Waals surface area (Å²) in [6, 6.07) is 0.965. The molecule has 3 rings (SSSR count). The second-order valence-corrected chi connectivity index (χ2v) is 13.5. The van der Waals surface area contributed by atoms with Crippen molar-refractivity contribution in [2.45, 2.75) is 111 Å².